The highest BCUT2D eigenvalue weighted by molar-refractivity contribution is 7.91. The van der Waals surface area contributed by atoms with Crippen LogP contribution in [0.5, 0.6) is 0 Å². The molecule has 2 fully saturated rings. The molecular formula is C36H46FN3O3S. The van der Waals surface area contributed by atoms with Crippen LogP contribution < -0.4 is 5.32 Å². The lowest BCUT2D eigenvalue weighted by molar-refractivity contribution is 0.0951. The van der Waals surface area contributed by atoms with Crippen LogP contribution in [0.15, 0.2) is 71.7 Å². The molecule has 2 aliphatic carbocycles. The van der Waals surface area contributed by atoms with Crippen molar-refractivity contribution in [3.8, 4) is 0 Å². The monoisotopic (exact) mass is 619 g/mol. The number of allylic oxidation sites excluding steroid dienone is 3. The summed E-state index contributed by atoms with van der Waals surface area (Å²) in [5, 5.41) is 2.96. The zero-order valence-corrected chi connectivity index (χ0v) is 27.1. The van der Waals surface area contributed by atoms with Crippen molar-refractivity contribution < 1.29 is 17.6 Å². The maximum absolute atomic E-state index is 16.1. The first-order valence-corrected chi connectivity index (χ1v) is 17.8. The van der Waals surface area contributed by atoms with Gasteiger partial charge in [0.2, 0.25) is 0 Å². The molecule has 236 valence electrons. The van der Waals surface area contributed by atoms with Gasteiger partial charge in [-0.2, -0.15) is 0 Å². The van der Waals surface area contributed by atoms with Crippen molar-refractivity contribution >= 4 is 26.8 Å². The largest absolute Gasteiger partial charge is 0.348 e. The summed E-state index contributed by atoms with van der Waals surface area (Å²) in [5.74, 6) is 1.96. The molecule has 2 aliphatic rings. The van der Waals surface area contributed by atoms with Crippen LogP contribution in [-0.4, -0.2) is 35.3 Å². The summed E-state index contributed by atoms with van der Waals surface area (Å²) in [6.45, 7) is 10.4. The number of aromatic nitrogens is 2. The Morgan fingerprint density at radius 2 is 1.80 bits per heavy atom. The van der Waals surface area contributed by atoms with Crippen molar-refractivity contribution in [3.05, 3.63) is 83.7 Å². The van der Waals surface area contributed by atoms with E-state index in [0.29, 0.717) is 35.9 Å². The second-order valence-electron chi connectivity index (χ2n) is 12.8. The molecule has 2 aromatic carbocycles. The summed E-state index contributed by atoms with van der Waals surface area (Å²) in [4.78, 5) is 18.5. The molecule has 0 spiro atoms. The van der Waals surface area contributed by atoms with E-state index in [1.54, 1.807) is 50.3 Å². The molecule has 1 N–H and O–H groups in total. The molecule has 5 rings (SSSR count). The summed E-state index contributed by atoms with van der Waals surface area (Å²) < 4.78 is 42.6. The van der Waals surface area contributed by atoms with E-state index in [1.807, 2.05) is 25.1 Å². The van der Waals surface area contributed by atoms with Gasteiger partial charge in [-0.1, -0.05) is 51.0 Å². The fourth-order valence-electron chi connectivity index (χ4n) is 6.64. The number of benzene rings is 2. The number of alkyl halides is 1. The number of nitrogens with zero attached hydrogens (tertiary/aromatic N) is 2. The number of carbonyl (C=O) groups excluding carboxylic acids is 1. The van der Waals surface area contributed by atoms with Crippen LogP contribution in [0.1, 0.15) is 99.8 Å². The maximum atomic E-state index is 16.1. The smallest absolute Gasteiger partial charge is 0.251 e. The third kappa shape index (κ3) is 7.17. The molecule has 44 heavy (non-hydrogen) atoms. The Morgan fingerprint density at radius 1 is 1.09 bits per heavy atom. The molecule has 1 aromatic heterocycles. The standard InChI is InChI=1S/C36H46FN3O3S/c1-5-20-36(37,25(3)4)22-29-10-8-7-9-11-30(29)24-40-33-19-16-28(21-32(33)39-34(40)27-14-15-27)35(41)38-23-26-12-17-31(18-13-26)44(42,43)6-2/h5,12-13,16-21,27,29-30H,3,6-11,14-15,22-24H2,1-2,4H3,(H,38,41)/b20-5+/t29?,30-,36?/m1/s1. The van der Waals surface area contributed by atoms with E-state index < -0.39 is 15.5 Å². The molecule has 0 radical (unpaired) electrons. The van der Waals surface area contributed by atoms with Gasteiger partial charge in [-0.05, 0) is 105 Å². The van der Waals surface area contributed by atoms with Gasteiger partial charge in [0, 0.05) is 24.6 Å². The number of nitrogens with one attached hydrogen (secondary N) is 1. The SMILES string of the molecule is C=C(C)C(F)(/C=C/C)CC1CCCCC[C@@H]1Cn1c(C2CC2)nc2cc(C(=O)NCc3ccc(S(=O)(=O)CC)cc3)ccc21. The highest BCUT2D eigenvalue weighted by Gasteiger charge is 2.37. The van der Waals surface area contributed by atoms with Gasteiger partial charge >= 0.3 is 0 Å². The predicted octanol–water partition coefficient (Wildman–Crippen LogP) is 8.08. The molecule has 0 aliphatic heterocycles. The average molecular weight is 620 g/mol. The molecule has 1 amide bonds. The predicted molar refractivity (Wildman–Crippen MR) is 175 cm³/mol. The quantitative estimate of drug-likeness (QED) is 0.164. The number of carbonyl (C=O) groups is 1. The van der Waals surface area contributed by atoms with Crippen molar-refractivity contribution in [2.75, 3.05) is 5.75 Å². The van der Waals surface area contributed by atoms with Crippen molar-refractivity contribution in [3.63, 3.8) is 0 Å². The normalized spacial score (nSPS) is 20.8. The Bertz CT molecular complexity index is 1640. The van der Waals surface area contributed by atoms with Crippen LogP contribution in [0.2, 0.25) is 0 Å². The van der Waals surface area contributed by atoms with E-state index in [9.17, 15) is 13.2 Å². The molecule has 6 nitrogen and oxygen atoms in total. The van der Waals surface area contributed by atoms with Gasteiger partial charge in [-0.15, -0.1) is 0 Å². The molecule has 1 heterocycles. The number of amides is 1. The van der Waals surface area contributed by atoms with E-state index >= 15 is 4.39 Å². The molecular weight excluding hydrogens is 573 g/mol. The lowest BCUT2D eigenvalue weighted by Gasteiger charge is -2.32. The van der Waals surface area contributed by atoms with Gasteiger partial charge in [0.1, 0.15) is 11.5 Å². The number of sulfone groups is 1. The van der Waals surface area contributed by atoms with Gasteiger partial charge in [-0.3, -0.25) is 4.79 Å². The number of fused-ring (bicyclic) bond motifs is 1. The highest BCUT2D eigenvalue weighted by atomic mass is 32.2. The number of hydrogen-bond donors (Lipinski definition) is 1. The topological polar surface area (TPSA) is 81.1 Å². The third-order valence-corrected chi connectivity index (χ3v) is 11.3. The zero-order chi connectivity index (χ0) is 31.5. The van der Waals surface area contributed by atoms with Crippen LogP contribution in [0.3, 0.4) is 0 Å². The minimum Gasteiger partial charge on any atom is -0.348 e. The summed E-state index contributed by atoms with van der Waals surface area (Å²) in [7, 11) is -3.26. The fourth-order valence-corrected chi connectivity index (χ4v) is 7.52. The Morgan fingerprint density at radius 3 is 2.43 bits per heavy atom. The van der Waals surface area contributed by atoms with Crippen molar-refractivity contribution in [2.24, 2.45) is 11.8 Å². The third-order valence-electron chi connectivity index (χ3n) is 9.53. The first-order chi connectivity index (χ1) is 21.0. The molecule has 0 bridgehead atoms. The minimum atomic E-state index is -3.26. The summed E-state index contributed by atoms with van der Waals surface area (Å²) in [6, 6.07) is 12.4. The maximum Gasteiger partial charge on any atom is 0.251 e. The summed E-state index contributed by atoms with van der Waals surface area (Å²) >= 11 is 0. The summed E-state index contributed by atoms with van der Waals surface area (Å²) in [6.07, 6.45) is 11.7. The second-order valence-corrected chi connectivity index (χ2v) is 15.1. The number of halogens is 1. The van der Waals surface area contributed by atoms with Crippen LogP contribution in [0.4, 0.5) is 4.39 Å². The number of imidazole rings is 1. The zero-order valence-electron chi connectivity index (χ0n) is 26.3. The first-order valence-electron chi connectivity index (χ1n) is 16.1. The van der Waals surface area contributed by atoms with Gasteiger partial charge in [0.15, 0.2) is 9.84 Å². The van der Waals surface area contributed by atoms with Gasteiger partial charge < -0.3 is 9.88 Å². The lowest BCUT2D eigenvalue weighted by atomic mass is 9.77. The Kier molecular flexibility index (Phi) is 9.78. The molecule has 8 heteroatoms. The first kappa shape index (κ1) is 32.1. The molecule has 2 unspecified atom stereocenters. The Balaban J connectivity index is 1.35. The van der Waals surface area contributed by atoms with Crippen LogP contribution >= 0.6 is 0 Å². The molecule has 3 aromatic rings. The van der Waals surface area contributed by atoms with E-state index in [2.05, 4.69) is 16.5 Å². The molecule has 0 saturated heterocycles. The van der Waals surface area contributed by atoms with Crippen LogP contribution in [-0.2, 0) is 22.9 Å². The van der Waals surface area contributed by atoms with Gasteiger partial charge in [-0.25, -0.2) is 17.8 Å². The van der Waals surface area contributed by atoms with E-state index in [4.69, 9.17) is 4.98 Å². The van der Waals surface area contributed by atoms with Crippen LogP contribution in [0, 0.1) is 11.8 Å². The van der Waals surface area contributed by atoms with E-state index in [-0.39, 0.29) is 22.5 Å². The van der Waals surface area contributed by atoms with Gasteiger partial charge in [0.25, 0.3) is 5.91 Å². The van der Waals surface area contributed by atoms with Crippen molar-refractivity contribution in [1.29, 1.82) is 0 Å². The highest BCUT2D eigenvalue weighted by Crippen LogP contribution is 2.44. The number of rotatable bonds is 12. The van der Waals surface area contributed by atoms with Crippen molar-refractivity contribution in [2.45, 2.75) is 102 Å². The number of hydrogen-bond acceptors (Lipinski definition) is 4. The minimum absolute atomic E-state index is 0.0505. The molecule has 2 saturated carbocycles. The average Bonchev–Trinajstić information content (AvgIpc) is 3.82. The molecule has 3 atom stereocenters. The Labute approximate surface area is 261 Å². The Hall–Kier alpha value is -3.26. The second kappa shape index (κ2) is 13.4. The van der Waals surface area contributed by atoms with Crippen LogP contribution in [0.25, 0.3) is 11.0 Å². The van der Waals surface area contributed by atoms with E-state index in [1.165, 1.54) is 6.42 Å². The lowest BCUT2D eigenvalue weighted by Crippen LogP contribution is -2.30. The summed E-state index contributed by atoms with van der Waals surface area (Å²) in [5.41, 5.74) is 2.28. The fraction of sp³-hybridized carbons (Fsp3) is 0.500. The van der Waals surface area contributed by atoms with Gasteiger partial charge in [0.05, 0.1) is 21.7 Å². The van der Waals surface area contributed by atoms with E-state index in [0.717, 1.165) is 67.5 Å². The van der Waals surface area contributed by atoms with Crippen molar-refractivity contribution in [1.82, 2.24) is 14.9 Å².